The fourth-order valence-electron chi connectivity index (χ4n) is 1.74. The highest BCUT2D eigenvalue weighted by molar-refractivity contribution is 6.41. The van der Waals surface area contributed by atoms with Crippen molar-refractivity contribution >= 4 is 29.2 Å². The third-order valence-corrected chi connectivity index (χ3v) is 3.32. The number of halogens is 3. The van der Waals surface area contributed by atoms with E-state index >= 15 is 0 Å². The van der Waals surface area contributed by atoms with E-state index in [-0.39, 0.29) is 18.3 Å². The number of rotatable bonds is 5. The third kappa shape index (κ3) is 3.58. The molecular formula is C12H11Cl2FN2O2. The monoisotopic (exact) mass is 304 g/mol. The van der Waals surface area contributed by atoms with Crippen molar-refractivity contribution in [2.24, 2.45) is 0 Å². The quantitative estimate of drug-likeness (QED) is 0.619. The lowest BCUT2D eigenvalue weighted by Crippen LogP contribution is -2.26. The van der Waals surface area contributed by atoms with E-state index in [1.165, 1.54) is 6.08 Å². The van der Waals surface area contributed by atoms with Crippen LogP contribution in [0.1, 0.15) is 5.56 Å². The molecule has 1 aromatic heterocycles. The summed E-state index contributed by atoms with van der Waals surface area (Å²) in [6, 6.07) is 1.67. The molecular weight excluding hydrogens is 294 g/mol. The lowest BCUT2D eigenvalue weighted by molar-refractivity contribution is -0.135. The number of cyclic esters (lactones) is 1. The van der Waals surface area contributed by atoms with Crippen molar-refractivity contribution in [3.8, 4) is 0 Å². The summed E-state index contributed by atoms with van der Waals surface area (Å²) in [6.45, 7) is 0.187. The van der Waals surface area contributed by atoms with Crippen LogP contribution in [0.5, 0.6) is 0 Å². The van der Waals surface area contributed by atoms with E-state index < -0.39 is 12.6 Å². The largest absolute Gasteiger partial charge is 0.456 e. The first kappa shape index (κ1) is 14.1. The Bertz CT molecular complexity index is 522. The molecule has 1 aliphatic rings. The Balaban J connectivity index is 2.14. The second-order valence-corrected chi connectivity index (χ2v) is 4.74. The standard InChI is InChI=1S/C12H11Cl2FN2O2/c13-10-3-8(5-16-12(10)14)6-17(2-1-15)9-4-11(18)19-7-9/h3-5H,1-2,6-7H2. The van der Waals surface area contributed by atoms with Crippen molar-refractivity contribution in [2.45, 2.75) is 6.54 Å². The van der Waals surface area contributed by atoms with Crippen LogP contribution in [0.3, 0.4) is 0 Å². The number of hydrogen-bond donors (Lipinski definition) is 0. The van der Waals surface area contributed by atoms with Gasteiger partial charge in [-0.2, -0.15) is 0 Å². The molecule has 0 saturated heterocycles. The molecule has 0 aliphatic carbocycles. The van der Waals surface area contributed by atoms with Gasteiger partial charge in [-0.1, -0.05) is 23.2 Å². The van der Waals surface area contributed by atoms with Gasteiger partial charge in [-0.25, -0.2) is 14.2 Å². The number of carbonyl (C=O) groups is 1. The van der Waals surface area contributed by atoms with Crippen LogP contribution in [0.25, 0.3) is 0 Å². The van der Waals surface area contributed by atoms with Crippen molar-refractivity contribution in [3.63, 3.8) is 0 Å². The predicted molar refractivity (Wildman–Crippen MR) is 69.7 cm³/mol. The molecule has 0 amide bonds. The van der Waals surface area contributed by atoms with E-state index in [1.807, 2.05) is 0 Å². The molecule has 0 aromatic carbocycles. The van der Waals surface area contributed by atoms with Gasteiger partial charge in [0.05, 0.1) is 10.7 Å². The van der Waals surface area contributed by atoms with Gasteiger partial charge in [0.1, 0.15) is 18.4 Å². The number of carbonyl (C=O) groups excluding carboxylic acids is 1. The zero-order valence-corrected chi connectivity index (χ0v) is 11.4. The number of esters is 1. The fourth-order valence-corrected chi connectivity index (χ4v) is 2.03. The minimum atomic E-state index is -0.527. The van der Waals surface area contributed by atoms with Crippen molar-refractivity contribution < 1.29 is 13.9 Å². The molecule has 1 aromatic rings. The van der Waals surface area contributed by atoms with Crippen LogP contribution in [0.15, 0.2) is 24.0 Å². The zero-order valence-electron chi connectivity index (χ0n) is 9.91. The van der Waals surface area contributed by atoms with Gasteiger partial charge in [0.2, 0.25) is 0 Å². The first-order chi connectivity index (χ1) is 9.10. The first-order valence-corrected chi connectivity index (χ1v) is 6.34. The predicted octanol–water partition coefficient (Wildman–Crippen LogP) is 2.60. The molecule has 0 unspecified atom stereocenters. The minimum Gasteiger partial charge on any atom is -0.456 e. The number of nitrogens with zero attached hydrogens (tertiary/aromatic N) is 2. The number of pyridine rings is 1. The Hall–Kier alpha value is -1.33. The van der Waals surface area contributed by atoms with E-state index in [0.29, 0.717) is 17.3 Å². The van der Waals surface area contributed by atoms with Crippen molar-refractivity contribution in [1.29, 1.82) is 0 Å². The van der Waals surface area contributed by atoms with Crippen molar-refractivity contribution in [3.05, 3.63) is 39.8 Å². The van der Waals surface area contributed by atoms with E-state index in [4.69, 9.17) is 27.9 Å². The number of hydrogen-bond acceptors (Lipinski definition) is 4. The number of ether oxygens (including phenoxy) is 1. The average Bonchev–Trinajstić information content (AvgIpc) is 2.80. The SMILES string of the molecule is O=C1C=C(N(CCF)Cc2cnc(Cl)c(Cl)c2)CO1. The van der Waals surface area contributed by atoms with Gasteiger partial charge < -0.3 is 9.64 Å². The molecule has 0 atom stereocenters. The van der Waals surface area contributed by atoms with Crippen molar-refractivity contribution in [1.82, 2.24) is 9.88 Å². The summed E-state index contributed by atoms with van der Waals surface area (Å²) in [5, 5.41) is 0.563. The average molecular weight is 305 g/mol. The molecule has 7 heteroatoms. The van der Waals surface area contributed by atoms with Crippen LogP contribution in [-0.4, -0.2) is 35.7 Å². The highest BCUT2D eigenvalue weighted by Crippen LogP contribution is 2.22. The second-order valence-electron chi connectivity index (χ2n) is 3.97. The van der Waals surface area contributed by atoms with Crippen LogP contribution >= 0.6 is 23.2 Å². The Labute approximate surface area is 119 Å². The minimum absolute atomic E-state index is 0.160. The van der Waals surface area contributed by atoms with E-state index in [1.54, 1.807) is 17.2 Å². The summed E-state index contributed by atoms with van der Waals surface area (Å²) in [6.07, 6.45) is 2.93. The molecule has 2 heterocycles. The summed E-state index contributed by atoms with van der Waals surface area (Å²) in [5.74, 6) is -0.411. The summed E-state index contributed by atoms with van der Waals surface area (Å²) in [5.41, 5.74) is 1.43. The highest BCUT2D eigenvalue weighted by atomic mass is 35.5. The molecule has 0 radical (unpaired) electrons. The Morgan fingerprint density at radius 3 is 2.84 bits per heavy atom. The molecule has 0 saturated carbocycles. The molecule has 0 fully saturated rings. The van der Waals surface area contributed by atoms with Gasteiger partial charge in [-0.3, -0.25) is 0 Å². The normalized spacial score (nSPS) is 14.3. The second kappa shape index (κ2) is 6.21. The van der Waals surface area contributed by atoms with Crippen molar-refractivity contribution in [2.75, 3.05) is 19.8 Å². The lowest BCUT2D eigenvalue weighted by Gasteiger charge is -2.23. The third-order valence-electron chi connectivity index (χ3n) is 2.63. The summed E-state index contributed by atoms with van der Waals surface area (Å²) >= 11 is 11.6. The topological polar surface area (TPSA) is 42.4 Å². The van der Waals surface area contributed by atoms with Gasteiger partial charge in [0, 0.05) is 25.4 Å². The Kier molecular flexibility index (Phi) is 4.61. The van der Waals surface area contributed by atoms with Gasteiger partial charge in [0.15, 0.2) is 0 Å². The first-order valence-electron chi connectivity index (χ1n) is 5.58. The maximum Gasteiger partial charge on any atom is 0.333 e. The number of aromatic nitrogens is 1. The van der Waals surface area contributed by atoms with Crippen LogP contribution in [0.2, 0.25) is 10.2 Å². The van der Waals surface area contributed by atoms with Crippen LogP contribution in [0, 0.1) is 0 Å². The lowest BCUT2D eigenvalue weighted by atomic mass is 10.2. The van der Waals surface area contributed by atoms with E-state index in [0.717, 1.165) is 5.56 Å². The number of alkyl halides is 1. The summed E-state index contributed by atoms with van der Waals surface area (Å²) in [4.78, 5) is 16.7. The van der Waals surface area contributed by atoms with E-state index in [2.05, 4.69) is 4.98 Å². The summed E-state index contributed by atoms with van der Waals surface area (Å²) < 4.78 is 17.4. The van der Waals surface area contributed by atoms with Crippen LogP contribution in [0.4, 0.5) is 4.39 Å². The molecule has 0 N–H and O–H groups in total. The molecule has 0 spiro atoms. The summed E-state index contributed by atoms with van der Waals surface area (Å²) in [7, 11) is 0. The van der Waals surface area contributed by atoms with Gasteiger partial charge >= 0.3 is 5.97 Å². The molecule has 1 aliphatic heterocycles. The molecule has 2 rings (SSSR count). The van der Waals surface area contributed by atoms with Gasteiger partial charge in [-0.15, -0.1) is 0 Å². The molecule has 4 nitrogen and oxygen atoms in total. The fraction of sp³-hybridized carbons (Fsp3) is 0.333. The molecule has 102 valence electrons. The van der Waals surface area contributed by atoms with E-state index in [9.17, 15) is 9.18 Å². The molecule has 0 bridgehead atoms. The zero-order chi connectivity index (χ0) is 13.8. The maximum absolute atomic E-state index is 12.6. The van der Waals surface area contributed by atoms with Crippen LogP contribution < -0.4 is 0 Å². The smallest absolute Gasteiger partial charge is 0.333 e. The van der Waals surface area contributed by atoms with Gasteiger partial charge in [-0.05, 0) is 11.6 Å². The maximum atomic E-state index is 12.6. The Morgan fingerprint density at radius 1 is 1.47 bits per heavy atom. The highest BCUT2D eigenvalue weighted by Gasteiger charge is 2.19. The molecule has 19 heavy (non-hydrogen) atoms. The van der Waals surface area contributed by atoms with Crippen LogP contribution in [-0.2, 0) is 16.1 Å². The Morgan fingerprint density at radius 2 is 2.26 bits per heavy atom. The van der Waals surface area contributed by atoms with Gasteiger partial charge in [0.25, 0.3) is 0 Å².